The summed E-state index contributed by atoms with van der Waals surface area (Å²) in [5.74, 6) is 0.394. The van der Waals surface area contributed by atoms with Gasteiger partial charge in [0.2, 0.25) is 0 Å². The van der Waals surface area contributed by atoms with Gasteiger partial charge in [-0.3, -0.25) is 0 Å². The van der Waals surface area contributed by atoms with Gasteiger partial charge >= 0.3 is 0 Å². The van der Waals surface area contributed by atoms with Gasteiger partial charge in [0.15, 0.2) is 0 Å². The second kappa shape index (κ2) is 5.29. The third kappa shape index (κ3) is 2.40. The van der Waals surface area contributed by atoms with Crippen molar-refractivity contribution in [2.75, 3.05) is 13.6 Å². The lowest BCUT2D eigenvalue weighted by molar-refractivity contribution is 0.709. The van der Waals surface area contributed by atoms with Crippen LogP contribution in [0.5, 0.6) is 0 Å². The fourth-order valence-electron chi connectivity index (χ4n) is 2.61. The van der Waals surface area contributed by atoms with Crippen molar-refractivity contribution in [3.05, 3.63) is 71.9 Å². The Morgan fingerprint density at radius 1 is 1.00 bits per heavy atom. The van der Waals surface area contributed by atoms with Gasteiger partial charge < -0.3 is 10.3 Å². The van der Waals surface area contributed by atoms with E-state index in [9.17, 15) is 0 Å². The van der Waals surface area contributed by atoms with Gasteiger partial charge in [0.05, 0.1) is 0 Å². The van der Waals surface area contributed by atoms with E-state index in [0.717, 1.165) is 6.54 Å². The van der Waals surface area contributed by atoms with Crippen LogP contribution in [0.25, 0.3) is 10.9 Å². The van der Waals surface area contributed by atoms with E-state index < -0.39 is 0 Å². The lowest BCUT2D eigenvalue weighted by Gasteiger charge is -2.17. The fraction of sp³-hybridized carbons (Fsp3) is 0.176. The molecule has 0 aliphatic carbocycles. The maximum absolute atomic E-state index is 3.30. The van der Waals surface area contributed by atoms with Crippen molar-refractivity contribution in [1.82, 2.24) is 10.3 Å². The predicted molar refractivity (Wildman–Crippen MR) is 80.5 cm³/mol. The SMILES string of the molecule is CNCC(c1ccccc1)c1ccc2[nH]ccc2c1. The van der Waals surface area contributed by atoms with Gasteiger partial charge in [-0.05, 0) is 41.8 Å². The van der Waals surface area contributed by atoms with Crippen LogP contribution >= 0.6 is 0 Å². The molecule has 3 aromatic rings. The van der Waals surface area contributed by atoms with Gasteiger partial charge in [0, 0.05) is 24.2 Å². The molecule has 2 nitrogen and oxygen atoms in total. The number of likely N-dealkylation sites (N-methyl/N-ethyl adjacent to an activating group) is 1. The van der Waals surface area contributed by atoms with Crippen molar-refractivity contribution in [1.29, 1.82) is 0 Å². The van der Waals surface area contributed by atoms with Crippen LogP contribution in [-0.2, 0) is 0 Å². The smallest absolute Gasteiger partial charge is 0.0454 e. The molecule has 0 aliphatic heterocycles. The standard InChI is InChI=1S/C17H18N2/c1-18-12-16(13-5-3-2-4-6-13)14-7-8-17-15(11-14)9-10-19-17/h2-11,16,18-19H,12H2,1H3. The molecule has 0 amide bonds. The van der Waals surface area contributed by atoms with Gasteiger partial charge in [-0.1, -0.05) is 36.4 Å². The average Bonchev–Trinajstić information content (AvgIpc) is 2.93. The third-order valence-corrected chi connectivity index (χ3v) is 3.59. The molecule has 1 heterocycles. The van der Waals surface area contributed by atoms with Crippen molar-refractivity contribution < 1.29 is 0 Å². The first-order valence-electron chi connectivity index (χ1n) is 6.65. The summed E-state index contributed by atoms with van der Waals surface area (Å²) >= 11 is 0. The Kier molecular flexibility index (Phi) is 3.34. The highest BCUT2D eigenvalue weighted by molar-refractivity contribution is 5.80. The Morgan fingerprint density at radius 3 is 2.63 bits per heavy atom. The van der Waals surface area contributed by atoms with E-state index in [1.165, 1.54) is 22.0 Å². The number of nitrogens with one attached hydrogen (secondary N) is 2. The maximum Gasteiger partial charge on any atom is 0.0454 e. The topological polar surface area (TPSA) is 27.8 Å². The zero-order valence-electron chi connectivity index (χ0n) is 11.1. The summed E-state index contributed by atoms with van der Waals surface area (Å²) in [7, 11) is 2.00. The summed E-state index contributed by atoms with van der Waals surface area (Å²) in [6, 6.07) is 19.5. The van der Waals surface area contributed by atoms with Gasteiger partial charge in [-0.25, -0.2) is 0 Å². The Hall–Kier alpha value is -2.06. The van der Waals surface area contributed by atoms with Crippen LogP contribution < -0.4 is 5.32 Å². The number of rotatable bonds is 4. The van der Waals surface area contributed by atoms with Crippen molar-refractivity contribution in [3.8, 4) is 0 Å². The molecule has 0 saturated heterocycles. The van der Waals surface area contributed by atoms with Gasteiger partial charge in [-0.15, -0.1) is 0 Å². The highest BCUT2D eigenvalue weighted by atomic mass is 14.8. The summed E-state index contributed by atoms with van der Waals surface area (Å²) in [5.41, 5.74) is 3.90. The third-order valence-electron chi connectivity index (χ3n) is 3.59. The second-order valence-electron chi connectivity index (χ2n) is 4.85. The van der Waals surface area contributed by atoms with Gasteiger partial charge in [0.1, 0.15) is 0 Å². The van der Waals surface area contributed by atoms with Crippen molar-refractivity contribution in [2.24, 2.45) is 0 Å². The monoisotopic (exact) mass is 250 g/mol. The normalized spacial score (nSPS) is 12.7. The van der Waals surface area contributed by atoms with Crippen LogP contribution in [0.4, 0.5) is 0 Å². The largest absolute Gasteiger partial charge is 0.361 e. The lowest BCUT2D eigenvalue weighted by atomic mass is 9.90. The van der Waals surface area contributed by atoms with Crippen molar-refractivity contribution >= 4 is 10.9 Å². The quantitative estimate of drug-likeness (QED) is 0.728. The van der Waals surface area contributed by atoms with E-state index in [1.807, 2.05) is 13.2 Å². The number of hydrogen-bond acceptors (Lipinski definition) is 1. The Bertz CT molecular complexity index is 655. The van der Waals surface area contributed by atoms with Crippen LogP contribution in [-0.4, -0.2) is 18.6 Å². The van der Waals surface area contributed by atoms with Crippen molar-refractivity contribution in [2.45, 2.75) is 5.92 Å². The molecule has 2 aromatic carbocycles. The molecular weight excluding hydrogens is 232 g/mol. The predicted octanol–water partition coefficient (Wildman–Crippen LogP) is 3.52. The molecule has 0 fully saturated rings. The second-order valence-corrected chi connectivity index (χ2v) is 4.85. The first-order valence-corrected chi connectivity index (χ1v) is 6.65. The van der Waals surface area contributed by atoms with Crippen LogP contribution in [0.15, 0.2) is 60.8 Å². The van der Waals surface area contributed by atoms with E-state index in [0.29, 0.717) is 5.92 Å². The van der Waals surface area contributed by atoms with Gasteiger partial charge in [0.25, 0.3) is 0 Å². The minimum absolute atomic E-state index is 0.394. The van der Waals surface area contributed by atoms with E-state index >= 15 is 0 Å². The van der Waals surface area contributed by atoms with E-state index in [1.54, 1.807) is 0 Å². The fourth-order valence-corrected chi connectivity index (χ4v) is 2.61. The summed E-state index contributed by atoms with van der Waals surface area (Å²) in [4.78, 5) is 3.24. The molecule has 2 N–H and O–H groups in total. The van der Waals surface area contributed by atoms with E-state index in [2.05, 4.69) is 64.9 Å². The first kappa shape index (κ1) is 12.0. The van der Waals surface area contributed by atoms with Crippen molar-refractivity contribution in [3.63, 3.8) is 0 Å². The summed E-state index contributed by atoms with van der Waals surface area (Å²) in [5, 5.41) is 4.57. The summed E-state index contributed by atoms with van der Waals surface area (Å²) < 4.78 is 0. The molecule has 1 unspecified atom stereocenters. The molecule has 1 aromatic heterocycles. The van der Waals surface area contributed by atoms with Crippen LogP contribution in [0.1, 0.15) is 17.0 Å². The molecule has 19 heavy (non-hydrogen) atoms. The average molecular weight is 250 g/mol. The van der Waals surface area contributed by atoms with Crippen LogP contribution in [0.2, 0.25) is 0 Å². The number of aromatic nitrogens is 1. The molecule has 0 bridgehead atoms. The summed E-state index contributed by atoms with van der Waals surface area (Å²) in [6.07, 6.45) is 1.99. The molecule has 0 radical (unpaired) electrons. The number of benzene rings is 2. The molecule has 0 aliphatic rings. The lowest BCUT2D eigenvalue weighted by Crippen LogP contribution is -2.18. The first-order chi connectivity index (χ1) is 9.38. The Labute approximate surface area is 113 Å². The highest BCUT2D eigenvalue weighted by Gasteiger charge is 2.13. The zero-order chi connectivity index (χ0) is 13.1. The Morgan fingerprint density at radius 2 is 1.84 bits per heavy atom. The van der Waals surface area contributed by atoms with E-state index in [4.69, 9.17) is 0 Å². The minimum atomic E-state index is 0.394. The number of H-pyrrole nitrogens is 1. The molecule has 0 spiro atoms. The van der Waals surface area contributed by atoms with Crippen LogP contribution in [0, 0.1) is 0 Å². The Balaban J connectivity index is 2.03. The van der Waals surface area contributed by atoms with E-state index in [-0.39, 0.29) is 0 Å². The number of hydrogen-bond donors (Lipinski definition) is 2. The minimum Gasteiger partial charge on any atom is -0.361 e. The number of fused-ring (bicyclic) bond motifs is 1. The molecule has 3 rings (SSSR count). The highest BCUT2D eigenvalue weighted by Crippen LogP contribution is 2.26. The summed E-state index contributed by atoms with van der Waals surface area (Å²) in [6.45, 7) is 0.944. The zero-order valence-corrected chi connectivity index (χ0v) is 11.1. The maximum atomic E-state index is 3.30. The van der Waals surface area contributed by atoms with Crippen LogP contribution in [0.3, 0.4) is 0 Å². The molecule has 1 atom stereocenters. The molecule has 96 valence electrons. The number of aromatic amines is 1. The molecule has 2 heteroatoms. The van der Waals surface area contributed by atoms with Gasteiger partial charge in [-0.2, -0.15) is 0 Å². The molecular formula is C17H18N2. The molecule has 0 saturated carbocycles.